The Morgan fingerprint density at radius 3 is 2.61 bits per heavy atom. The summed E-state index contributed by atoms with van der Waals surface area (Å²) in [6.07, 6.45) is -0.923. The Morgan fingerprint density at radius 1 is 1.18 bits per heavy atom. The second-order valence-electron chi connectivity index (χ2n) is 6.22. The lowest BCUT2D eigenvalue weighted by molar-refractivity contribution is -0.129. The molecule has 8 heteroatoms. The third-order valence-corrected chi connectivity index (χ3v) is 4.33. The first-order chi connectivity index (χ1) is 13.5. The Hall–Kier alpha value is -3.42. The summed E-state index contributed by atoms with van der Waals surface area (Å²) in [6.45, 7) is 4.51. The molecule has 28 heavy (non-hydrogen) atoms. The molecule has 1 aromatic heterocycles. The number of esters is 1. The normalized spacial score (nSPS) is 11.8. The molecule has 0 aliphatic rings. The molecule has 1 N–H and O–H groups in total. The van der Waals surface area contributed by atoms with E-state index in [-0.39, 0.29) is 5.91 Å². The molecule has 0 bridgehead atoms. The molecule has 1 atom stereocenters. The average molecular weight is 382 g/mol. The molecule has 0 saturated heterocycles. The lowest BCUT2D eigenvalue weighted by Gasteiger charge is -2.14. The van der Waals surface area contributed by atoms with Crippen LogP contribution in [0.3, 0.4) is 0 Å². The van der Waals surface area contributed by atoms with Gasteiger partial charge >= 0.3 is 5.97 Å². The van der Waals surface area contributed by atoms with Crippen LogP contribution in [0.1, 0.15) is 29.8 Å². The zero-order chi connectivity index (χ0) is 20.1. The van der Waals surface area contributed by atoms with Crippen molar-refractivity contribution in [2.24, 2.45) is 0 Å². The van der Waals surface area contributed by atoms with Crippen molar-refractivity contribution >= 4 is 22.9 Å². The first-order valence-electron chi connectivity index (χ1n) is 8.96. The van der Waals surface area contributed by atoms with Crippen molar-refractivity contribution in [2.45, 2.75) is 33.0 Å². The van der Waals surface area contributed by atoms with E-state index in [1.165, 1.54) is 6.92 Å². The Balaban J connectivity index is 1.57. The summed E-state index contributed by atoms with van der Waals surface area (Å²) in [5.74, 6) is -0.212. The molecule has 146 valence electrons. The summed E-state index contributed by atoms with van der Waals surface area (Å²) < 4.78 is 12.1. The first kappa shape index (κ1) is 19.3. The molecular weight excluding hydrogens is 360 g/mol. The standard InChI is InChI=1S/C20H22N4O4/c1-4-24-18-10-7-15(11-17(18)22-23-24)20(26)28-13(2)19(25)21-12-14-5-8-16(27-3)9-6-14/h5-11,13H,4,12H2,1-3H3,(H,21,25). The number of aromatic nitrogens is 3. The number of nitrogens with zero attached hydrogens (tertiary/aromatic N) is 3. The predicted molar refractivity (Wildman–Crippen MR) is 103 cm³/mol. The number of aryl methyl sites for hydroxylation is 1. The number of nitrogens with one attached hydrogen (secondary N) is 1. The highest BCUT2D eigenvalue weighted by atomic mass is 16.5. The van der Waals surface area contributed by atoms with Crippen molar-refractivity contribution in [3.8, 4) is 5.75 Å². The van der Waals surface area contributed by atoms with Crippen LogP contribution in [-0.2, 0) is 22.6 Å². The zero-order valence-electron chi connectivity index (χ0n) is 16.0. The monoisotopic (exact) mass is 382 g/mol. The number of fused-ring (bicyclic) bond motifs is 1. The van der Waals surface area contributed by atoms with Crippen LogP contribution in [0.15, 0.2) is 42.5 Å². The van der Waals surface area contributed by atoms with Gasteiger partial charge in [-0.15, -0.1) is 5.10 Å². The van der Waals surface area contributed by atoms with E-state index in [2.05, 4.69) is 15.6 Å². The van der Waals surface area contributed by atoms with Crippen molar-refractivity contribution in [3.63, 3.8) is 0 Å². The number of amides is 1. The van der Waals surface area contributed by atoms with Gasteiger partial charge in [0.1, 0.15) is 11.3 Å². The third-order valence-electron chi connectivity index (χ3n) is 4.33. The van der Waals surface area contributed by atoms with Crippen LogP contribution in [0.5, 0.6) is 5.75 Å². The minimum absolute atomic E-state index is 0.324. The van der Waals surface area contributed by atoms with Gasteiger partial charge in [-0.05, 0) is 49.7 Å². The molecular formula is C20H22N4O4. The highest BCUT2D eigenvalue weighted by Gasteiger charge is 2.19. The van der Waals surface area contributed by atoms with Crippen molar-refractivity contribution in [3.05, 3.63) is 53.6 Å². The fraction of sp³-hybridized carbons (Fsp3) is 0.300. The minimum Gasteiger partial charge on any atom is -0.497 e. The van der Waals surface area contributed by atoms with Crippen LogP contribution in [0.25, 0.3) is 11.0 Å². The van der Waals surface area contributed by atoms with Gasteiger partial charge in [0, 0.05) is 13.1 Å². The van der Waals surface area contributed by atoms with Gasteiger partial charge in [-0.25, -0.2) is 9.48 Å². The minimum atomic E-state index is -0.923. The fourth-order valence-corrected chi connectivity index (χ4v) is 2.69. The Kier molecular flexibility index (Phi) is 5.88. The third kappa shape index (κ3) is 4.28. The molecule has 0 saturated carbocycles. The zero-order valence-corrected chi connectivity index (χ0v) is 16.0. The number of carbonyl (C=O) groups excluding carboxylic acids is 2. The molecule has 1 heterocycles. The van der Waals surface area contributed by atoms with Crippen molar-refractivity contribution < 1.29 is 19.1 Å². The second-order valence-corrected chi connectivity index (χ2v) is 6.22. The number of rotatable bonds is 7. The molecule has 8 nitrogen and oxygen atoms in total. The summed E-state index contributed by atoms with van der Waals surface area (Å²) in [7, 11) is 1.59. The quantitative estimate of drug-likeness (QED) is 0.630. The van der Waals surface area contributed by atoms with Crippen LogP contribution in [0.4, 0.5) is 0 Å². The summed E-state index contributed by atoms with van der Waals surface area (Å²) in [6, 6.07) is 12.4. The van der Waals surface area contributed by atoms with Gasteiger partial charge < -0.3 is 14.8 Å². The number of hydrogen-bond donors (Lipinski definition) is 1. The maximum atomic E-state index is 12.4. The van der Waals surface area contributed by atoms with E-state index < -0.39 is 12.1 Å². The number of benzene rings is 2. The second kappa shape index (κ2) is 8.51. The van der Waals surface area contributed by atoms with Gasteiger partial charge in [0.05, 0.1) is 18.2 Å². The fourth-order valence-electron chi connectivity index (χ4n) is 2.69. The lowest BCUT2D eigenvalue weighted by Crippen LogP contribution is -2.35. The SMILES string of the molecule is CCn1nnc2cc(C(=O)OC(C)C(=O)NCc3ccc(OC)cc3)ccc21. The maximum absolute atomic E-state index is 12.4. The number of carbonyl (C=O) groups is 2. The van der Waals surface area contributed by atoms with Gasteiger partial charge in [0.15, 0.2) is 6.10 Å². The summed E-state index contributed by atoms with van der Waals surface area (Å²) in [5.41, 5.74) is 2.68. The smallest absolute Gasteiger partial charge is 0.338 e. The summed E-state index contributed by atoms with van der Waals surface area (Å²) in [5, 5.41) is 10.8. The van der Waals surface area contributed by atoms with Gasteiger partial charge in [-0.2, -0.15) is 0 Å². The Morgan fingerprint density at radius 2 is 1.93 bits per heavy atom. The Labute approximate surface area is 162 Å². The molecule has 0 fully saturated rings. The molecule has 1 amide bonds. The largest absolute Gasteiger partial charge is 0.497 e. The molecule has 0 aliphatic heterocycles. The van der Waals surface area contributed by atoms with E-state index in [4.69, 9.17) is 9.47 Å². The van der Waals surface area contributed by atoms with Crippen molar-refractivity contribution in [1.82, 2.24) is 20.3 Å². The summed E-state index contributed by atoms with van der Waals surface area (Å²) in [4.78, 5) is 24.6. The van der Waals surface area contributed by atoms with E-state index in [9.17, 15) is 9.59 Å². The van der Waals surface area contributed by atoms with Crippen LogP contribution in [0, 0.1) is 0 Å². The molecule has 2 aromatic carbocycles. The maximum Gasteiger partial charge on any atom is 0.338 e. The predicted octanol–water partition coefficient (Wildman–Crippen LogP) is 2.32. The first-order valence-corrected chi connectivity index (χ1v) is 8.96. The number of ether oxygens (including phenoxy) is 2. The molecule has 3 rings (SSSR count). The number of methoxy groups -OCH3 is 1. The van der Waals surface area contributed by atoms with Crippen LogP contribution >= 0.6 is 0 Å². The van der Waals surface area contributed by atoms with Crippen molar-refractivity contribution in [1.29, 1.82) is 0 Å². The van der Waals surface area contributed by atoms with Gasteiger partial charge in [0.2, 0.25) is 0 Å². The van der Waals surface area contributed by atoms with E-state index >= 15 is 0 Å². The van der Waals surface area contributed by atoms with E-state index in [0.717, 1.165) is 16.8 Å². The molecule has 3 aromatic rings. The van der Waals surface area contributed by atoms with E-state index in [0.29, 0.717) is 24.2 Å². The molecule has 0 aliphatic carbocycles. The highest BCUT2D eigenvalue weighted by Crippen LogP contribution is 2.15. The van der Waals surface area contributed by atoms with Crippen LogP contribution in [0.2, 0.25) is 0 Å². The topological polar surface area (TPSA) is 95.3 Å². The van der Waals surface area contributed by atoms with Crippen LogP contribution < -0.4 is 10.1 Å². The molecule has 1 unspecified atom stereocenters. The molecule has 0 spiro atoms. The van der Waals surface area contributed by atoms with Crippen molar-refractivity contribution in [2.75, 3.05) is 7.11 Å². The lowest BCUT2D eigenvalue weighted by atomic mass is 10.2. The van der Waals surface area contributed by atoms with Gasteiger partial charge in [-0.3, -0.25) is 4.79 Å². The summed E-state index contributed by atoms with van der Waals surface area (Å²) >= 11 is 0. The van der Waals surface area contributed by atoms with Gasteiger partial charge in [-0.1, -0.05) is 17.3 Å². The number of hydrogen-bond acceptors (Lipinski definition) is 6. The van der Waals surface area contributed by atoms with E-state index in [1.54, 1.807) is 30.0 Å². The highest BCUT2D eigenvalue weighted by molar-refractivity contribution is 5.95. The average Bonchev–Trinajstić information content (AvgIpc) is 3.14. The molecule has 0 radical (unpaired) electrons. The Bertz CT molecular complexity index is 982. The van der Waals surface area contributed by atoms with E-state index in [1.807, 2.05) is 31.2 Å². The van der Waals surface area contributed by atoms with Crippen LogP contribution in [-0.4, -0.2) is 40.1 Å². The van der Waals surface area contributed by atoms with Gasteiger partial charge in [0.25, 0.3) is 5.91 Å².